The Kier molecular flexibility index (Phi) is 2.97. The Bertz CT molecular complexity index is 818. The summed E-state index contributed by atoms with van der Waals surface area (Å²) >= 11 is 0. The quantitative estimate of drug-likeness (QED) is 0.755. The molecule has 5 nitrogen and oxygen atoms in total. The molecule has 4 rings (SSSR count). The van der Waals surface area contributed by atoms with Crippen molar-refractivity contribution >= 4 is 16.6 Å². The van der Waals surface area contributed by atoms with Gasteiger partial charge >= 0.3 is 0 Å². The molecule has 3 aromatic heterocycles. The molecule has 0 fully saturated rings. The van der Waals surface area contributed by atoms with E-state index in [1.54, 1.807) is 6.20 Å². The van der Waals surface area contributed by atoms with Crippen molar-refractivity contribution in [2.45, 2.75) is 6.42 Å². The van der Waals surface area contributed by atoms with Crippen molar-refractivity contribution in [3.05, 3.63) is 48.3 Å². The van der Waals surface area contributed by atoms with Crippen LogP contribution in [0.3, 0.4) is 0 Å². The van der Waals surface area contributed by atoms with E-state index in [-0.39, 0.29) is 0 Å². The zero-order chi connectivity index (χ0) is 14.1. The van der Waals surface area contributed by atoms with Crippen molar-refractivity contribution in [3.63, 3.8) is 0 Å². The van der Waals surface area contributed by atoms with Crippen LogP contribution in [0.1, 0.15) is 12.1 Å². The predicted molar refractivity (Wildman–Crippen MR) is 82.6 cm³/mol. The Hall–Kier alpha value is -2.53. The highest BCUT2D eigenvalue weighted by Gasteiger charge is 2.12. The highest BCUT2D eigenvalue weighted by Crippen LogP contribution is 2.25. The normalized spacial score (nSPS) is 15.1. The van der Waals surface area contributed by atoms with Crippen molar-refractivity contribution in [2.75, 3.05) is 13.1 Å². The van der Waals surface area contributed by atoms with E-state index in [2.05, 4.69) is 32.6 Å². The fraction of sp³-hybridized carbons (Fsp3) is 0.188. The molecule has 0 saturated carbocycles. The summed E-state index contributed by atoms with van der Waals surface area (Å²) < 4.78 is 0. The van der Waals surface area contributed by atoms with Crippen molar-refractivity contribution in [3.8, 4) is 11.4 Å². The second-order valence-electron chi connectivity index (χ2n) is 5.06. The highest BCUT2D eigenvalue weighted by molar-refractivity contribution is 5.89. The zero-order valence-corrected chi connectivity index (χ0v) is 11.5. The number of rotatable bonds is 2. The first-order chi connectivity index (χ1) is 10.4. The van der Waals surface area contributed by atoms with Crippen molar-refractivity contribution in [2.24, 2.45) is 0 Å². The summed E-state index contributed by atoms with van der Waals surface area (Å²) in [6.45, 7) is 1.92. The van der Waals surface area contributed by atoms with Gasteiger partial charge in [-0.05, 0) is 42.8 Å². The third kappa shape index (κ3) is 2.21. The van der Waals surface area contributed by atoms with Crippen LogP contribution in [0.2, 0.25) is 0 Å². The molecule has 0 amide bonds. The summed E-state index contributed by atoms with van der Waals surface area (Å²) in [7, 11) is 0. The molecule has 0 saturated heterocycles. The van der Waals surface area contributed by atoms with E-state index in [0.717, 1.165) is 47.6 Å². The summed E-state index contributed by atoms with van der Waals surface area (Å²) in [4.78, 5) is 9.04. The van der Waals surface area contributed by atoms with Crippen LogP contribution < -0.4 is 5.32 Å². The second kappa shape index (κ2) is 5.10. The first-order valence-corrected chi connectivity index (χ1v) is 7.08. The minimum Gasteiger partial charge on any atom is -0.313 e. The Morgan fingerprint density at radius 2 is 2.00 bits per heavy atom. The Balaban J connectivity index is 1.80. The van der Waals surface area contributed by atoms with Gasteiger partial charge in [0.25, 0.3) is 0 Å². The van der Waals surface area contributed by atoms with Crippen LogP contribution >= 0.6 is 0 Å². The van der Waals surface area contributed by atoms with Gasteiger partial charge in [0.2, 0.25) is 0 Å². The molecule has 104 valence electrons. The lowest BCUT2D eigenvalue weighted by atomic mass is 10.0. The molecular weight excluding hydrogens is 262 g/mol. The molecule has 3 aromatic rings. The molecule has 0 aliphatic carbocycles. The minimum absolute atomic E-state index is 0.723. The number of nitrogens with zero attached hydrogens (tertiary/aromatic N) is 3. The van der Waals surface area contributed by atoms with E-state index in [0.29, 0.717) is 0 Å². The van der Waals surface area contributed by atoms with Crippen LogP contribution in [0.4, 0.5) is 0 Å². The van der Waals surface area contributed by atoms with Crippen LogP contribution in [0, 0.1) is 0 Å². The number of nitrogens with one attached hydrogen (secondary N) is 2. The van der Waals surface area contributed by atoms with Gasteiger partial charge in [-0.1, -0.05) is 12.1 Å². The Morgan fingerprint density at radius 3 is 2.90 bits per heavy atom. The van der Waals surface area contributed by atoms with Gasteiger partial charge < -0.3 is 5.32 Å². The number of aromatic amines is 1. The Labute approximate surface area is 122 Å². The van der Waals surface area contributed by atoms with E-state index < -0.39 is 0 Å². The SMILES string of the molecule is C1=C(c2cccc(-c3[nH]nc4ncccc34)n2)CCNC1. The molecule has 0 bridgehead atoms. The molecule has 0 unspecified atom stereocenters. The Morgan fingerprint density at radius 1 is 1.05 bits per heavy atom. The first-order valence-electron chi connectivity index (χ1n) is 7.08. The molecule has 0 atom stereocenters. The lowest BCUT2D eigenvalue weighted by Crippen LogP contribution is -2.20. The summed E-state index contributed by atoms with van der Waals surface area (Å²) in [5.74, 6) is 0. The summed E-state index contributed by atoms with van der Waals surface area (Å²) in [5.41, 5.74) is 4.90. The highest BCUT2D eigenvalue weighted by atomic mass is 15.2. The van der Waals surface area contributed by atoms with Gasteiger partial charge in [-0.3, -0.25) is 5.10 Å². The van der Waals surface area contributed by atoms with Crippen molar-refractivity contribution in [1.82, 2.24) is 25.5 Å². The van der Waals surface area contributed by atoms with Crippen LogP contribution in [-0.2, 0) is 0 Å². The largest absolute Gasteiger partial charge is 0.313 e. The number of fused-ring (bicyclic) bond motifs is 1. The molecular formula is C16H15N5. The lowest BCUT2D eigenvalue weighted by molar-refractivity contribution is 0.737. The average Bonchev–Trinajstić information content (AvgIpc) is 3.00. The van der Waals surface area contributed by atoms with Gasteiger partial charge in [-0.15, -0.1) is 0 Å². The molecule has 5 heteroatoms. The number of pyridine rings is 2. The zero-order valence-electron chi connectivity index (χ0n) is 11.5. The fourth-order valence-corrected chi connectivity index (χ4v) is 2.65. The van der Waals surface area contributed by atoms with E-state index in [9.17, 15) is 0 Å². The number of H-pyrrole nitrogens is 1. The molecule has 4 heterocycles. The van der Waals surface area contributed by atoms with E-state index >= 15 is 0 Å². The fourth-order valence-electron chi connectivity index (χ4n) is 2.65. The molecule has 0 radical (unpaired) electrons. The molecule has 0 aromatic carbocycles. The minimum atomic E-state index is 0.723. The maximum absolute atomic E-state index is 4.79. The van der Waals surface area contributed by atoms with Gasteiger partial charge in [-0.2, -0.15) is 5.10 Å². The van der Waals surface area contributed by atoms with E-state index in [1.165, 1.54) is 5.57 Å². The molecule has 1 aliphatic rings. The third-order valence-electron chi connectivity index (χ3n) is 3.73. The maximum atomic E-state index is 4.79. The molecule has 1 aliphatic heterocycles. The maximum Gasteiger partial charge on any atom is 0.181 e. The lowest BCUT2D eigenvalue weighted by Gasteiger charge is -2.13. The van der Waals surface area contributed by atoms with Gasteiger partial charge in [0.1, 0.15) is 0 Å². The number of aromatic nitrogens is 4. The van der Waals surface area contributed by atoms with Crippen LogP contribution in [0.5, 0.6) is 0 Å². The predicted octanol–water partition coefficient (Wildman–Crippen LogP) is 2.40. The van der Waals surface area contributed by atoms with Gasteiger partial charge in [0.05, 0.1) is 17.1 Å². The van der Waals surface area contributed by atoms with E-state index in [4.69, 9.17) is 4.98 Å². The third-order valence-corrected chi connectivity index (χ3v) is 3.73. The first kappa shape index (κ1) is 12.2. The topological polar surface area (TPSA) is 66.5 Å². The monoisotopic (exact) mass is 277 g/mol. The summed E-state index contributed by atoms with van der Waals surface area (Å²) in [6.07, 6.45) is 4.97. The average molecular weight is 277 g/mol. The van der Waals surface area contributed by atoms with Crippen LogP contribution in [0.15, 0.2) is 42.6 Å². The number of hydrogen-bond donors (Lipinski definition) is 2. The number of hydrogen-bond acceptors (Lipinski definition) is 4. The molecule has 2 N–H and O–H groups in total. The second-order valence-corrected chi connectivity index (χ2v) is 5.06. The van der Waals surface area contributed by atoms with Crippen LogP contribution in [-0.4, -0.2) is 33.3 Å². The summed E-state index contributed by atoms with van der Waals surface area (Å²) in [5, 5.41) is 11.6. The van der Waals surface area contributed by atoms with Gasteiger partial charge in [-0.25, -0.2) is 9.97 Å². The van der Waals surface area contributed by atoms with Crippen molar-refractivity contribution < 1.29 is 0 Å². The van der Waals surface area contributed by atoms with E-state index in [1.807, 2.05) is 24.3 Å². The standard InChI is InChI=1S/C16H15N5/c1-4-13(11-6-9-17-10-7-11)19-14(5-1)15-12-3-2-8-18-16(12)21-20-15/h1-6,8,17H,7,9-10H2,(H,18,20,21). The van der Waals surface area contributed by atoms with Crippen LogP contribution in [0.25, 0.3) is 28.0 Å². The van der Waals surface area contributed by atoms with Gasteiger partial charge in [0, 0.05) is 18.1 Å². The molecule has 0 spiro atoms. The summed E-state index contributed by atoms with van der Waals surface area (Å²) in [6, 6.07) is 10.0. The van der Waals surface area contributed by atoms with Gasteiger partial charge in [0.15, 0.2) is 5.65 Å². The molecule has 21 heavy (non-hydrogen) atoms. The smallest absolute Gasteiger partial charge is 0.181 e. The van der Waals surface area contributed by atoms with Crippen molar-refractivity contribution in [1.29, 1.82) is 0 Å².